The van der Waals surface area contributed by atoms with E-state index in [4.69, 9.17) is 4.74 Å². The summed E-state index contributed by atoms with van der Waals surface area (Å²) in [4.78, 5) is 0. The topological polar surface area (TPSA) is 9.23 Å². The first kappa shape index (κ1) is 9.22. The maximum absolute atomic E-state index is 5.23. The van der Waals surface area contributed by atoms with Crippen molar-refractivity contribution in [1.82, 2.24) is 0 Å². The van der Waals surface area contributed by atoms with Gasteiger partial charge in [-0.05, 0) is 17.2 Å². The van der Waals surface area contributed by atoms with E-state index in [1.807, 2.05) is 18.2 Å². The molecule has 1 aromatic rings. The summed E-state index contributed by atoms with van der Waals surface area (Å²) >= 11 is 0. The fourth-order valence-corrected chi connectivity index (χ4v) is 1.57. The summed E-state index contributed by atoms with van der Waals surface area (Å²) in [7, 11) is 1.72. The number of rotatable bonds is 2. The Bertz CT molecular complexity index is 349. The van der Waals surface area contributed by atoms with Crippen molar-refractivity contribution >= 4 is 5.57 Å². The SMILES string of the molecule is CO[C]1C=CC=C(c2ccccc2)C1. The Labute approximate surface area is 84.7 Å². The molecule has 2 rings (SSSR count). The first-order valence-corrected chi connectivity index (χ1v) is 4.72. The van der Waals surface area contributed by atoms with E-state index >= 15 is 0 Å². The fraction of sp³-hybridized carbons (Fsp3) is 0.154. The molecule has 1 aromatic carbocycles. The number of hydrogen-bond donors (Lipinski definition) is 0. The Morgan fingerprint density at radius 1 is 1.14 bits per heavy atom. The van der Waals surface area contributed by atoms with Crippen molar-refractivity contribution in [2.24, 2.45) is 0 Å². The molecule has 0 heterocycles. The summed E-state index contributed by atoms with van der Waals surface area (Å²) in [6, 6.07) is 10.4. The predicted octanol–water partition coefficient (Wildman–Crippen LogP) is 3.21. The van der Waals surface area contributed by atoms with Crippen LogP contribution in [0.1, 0.15) is 12.0 Å². The molecule has 0 aliphatic heterocycles. The summed E-state index contributed by atoms with van der Waals surface area (Å²) in [5.41, 5.74) is 2.58. The molecule has 14 heavy (non-hydrogen) atoms. The molecule has 1 aliphatic carbocycles. The molecule has 0 N–H and O–H groups in total. The van der Waals surface area contributed by atoms with Crippen LogP contribution >= 0.6 is 0 Å². The van der Waals surface area contributed by atoms with E-state index in [1.54, 1.807) is 7.11 Å². The third kappa shape index (κ3) is 1.94. The lowest BCUT2D eigenvalue weighted by Gasteiger charge is -2.16. The Hall–Kier alpha value is -1.34. The highest BCUT2D eigenvalue weighted by Crippen LogP contribution is 2.28. The normalized spacial score (nSPS) is 16.8. The van der Waals surface area contributed by atoms with Crippen molar-refractivity contribution in [3.63, 3.8) is 0 Å². The molecule has 1 aliphatic rings. The highest BCUT2D eigenvalue weighted by Gasteiger charge is 2.12. The van der Waals surface area contributed by atoms with Gasteiger partial charge in [-0.25, -0.2) is 0 Å². The third-order valence-electron chi connectivity index (χ3n) is 2.35. The monoisotopic (exact) mass is 185 g/mol. The largest absolute Gasteiger partial charge is 0.370 e. The van der Waals surface area contributed by atoms with Gasteiger partial charge < -0.3 is 4.74 Å². The Kier molecular flexibility index (Phi) is 2.80. The molecular formula is C13H13O. The van der Waals surface area contributed by atoms with Crippen LogP contribution in [0.5, 0.6) is 0 Å². The smallest absolute Gasteiger partial charge is 0.123 e. The van der Waals surface area contributed by atoms with E-state index in [9.17, 15) is 0 Å². The molecule has 0 spiro atoms. The number of hydrogen-bond acceptors (Lipinski definition) is 1. The molecule has 1 radical (unpaired) electrons. The molecule has 0 saturated heterocycles. The highest BCUT2D eigenvalue weighted by atomic mass is 16.5. The van der Waals surface area contributed by atoms with Crippen molar-refractivity contribution in [2.75, 3.05) is 7.11 Å². The number of benzene rings is 1. The van der Waals surface area contributed by atoms with Crippen LogP contribution in [0.3, 0.4) is 0 Å². The quantitative estimate of drug-likeness (QED) is 0.687. The molecule has 0 atom stereocenters. The minimum absolute atomic E-state index is 0.886. The van der Waals surface area contributed by atoms with E-state index in [0.29, 0.717) is 0 Å². The van der Waals surface area contributed by atoms with Gasteiger partial charge in [0.2, 0.25) is 0 Å². The van der Waals surface area contributed by atoms with Crippen LogP contribution in [0.25, 0.3) is 5.57 Å². The second-order valence-corrected chi connectivity index (χ2v) is 3.26. The van der Waals surface area contributed by atoms with Gasteiger partial charge in [-0.2, -0.15) is 0 Å². The molecule has 0 amide bonds. The molecule has 0 fully saturated rings. The van der Waals surface area contributed by atoms with Gasteiger partial charge in [0.25, 0.3) is 0 Å². The Morgan fingerprint density at radius 3 is 2.64 bits per heavy atom. The first-order chi connectivity index (χ1) is 6.90. The lowest BCUT2D eigenvalue weighted by Crippen LogP contribution is -2.01. The lowest BCUT2D eigenvalue weighted by atomic mass is 9.96. The van der Waals surface area contributed by atoms with Gasteiger partial charge in [-0.15, -0.1) is 0 Å². The van der Waals surface area contributed by atoms with Gasteiger partial charge in [0.1, 0.15) is 6.10 Å². The molecular weight excluding hydrogens is 172 g/mol. The molecule has 0 unspecified atom stereocenters. The van der Waals surface area contributed by atoms with Crippen LogP contribution in [0, 0.1) is 6.10 Å². The van der Waals surface area contributed by atoms with Crippen LogP contribution in [-0.4, -0.2) is 7.11 Å². The zero-order valence-corrected chi connectivity index (χ0v) is 8.23. The van der Waals surface area contributed by atoms with Crippen LogP contribution in [-0.2, 0) is 4.74 Å². The lowest BCUT2D eigenvalue weighted by molar-refractivity contribution is 0.231. The maximum atomic E-state index is 5.23. The minimum Gasteiger partial charge on any atom is -0.370 e. The first-order valence-electron chi connectivity index (χ1n) is 4.72. The maximum Gasteiger partial charge on any atom is 0.123 e. The molecule has 0 aromatic heterocycles. The standard InChI is InChI=1S/C13H13O/c1-14-13-9-5-8-12(10-13)11-6-3-2-4-7-11/h2-9H,10H2,1H3. The summed E-state index contributed by atoms with van der Waals surface area (Å²) < 4.78 is 5.23. The molecule has 1 nitrogen and oxygen atoms in total. The van der Waals surface area contributed by atoms with Crippen molar-refractivity contribution < 1.29 is 4.74 Å². The predicted molar refractivity (Wildman–Crippen MR) is 58.4 cm³/mol. The Balaban J connectivity index is 2.21. The summed E-state index contributed by atoms with van der Waals surface area (Å²) in [5, 5.41) is 0. The fourth-order valence-electron chi connectivity index (χ4n) is 1.57. The molecule has 1 heteroatoms. The van der Waals surface area contributed by atoms with E-state index in [2.05, 4.69) is 30.3 Å². The summed E-state index contributed by atoms with van der Waals surface area (Å²) in [5.74, 6) is 0. The van der Waals surface area contributed by atoms with Gasteiger partial charge in [0.15, 0.2) is 0 Å². The van der Waals surface area contributed by atoms with Crippen LogP contribution in [0.2, 0.25) is 0 Å². The summed E-state index contributed by atoms with van der Waals surface area (Å²) in [6.07, 6.45) is 8.08. The van der Waals surface area contributed by atoms with E-state index in [0.717, 1.165) is 12.5 Å². The average molecular weight is 185 g/mol. The number of allylic oxidation sites excluding steroid dienone is 2. The number of methoxy groups -OCH3 is 1. The average Bonchev–Trinajstić information content (AvgIpc) is 2.30. The van der Waals surface area contributed by atoms with Gasteiger partial charge in [0.05, 0.1) is 0 Å². The second-order valence-electron chi connectivity index (χ2n) is 3.26. The molecule has 71 valence electrons. The zero-order chi connectivity index (χ0) is 9.80. The van der Waals surface area contributed by atoms with E-state index in [1.165, 1.54) is 11.1 Å². The van der Waals surface area contributed by atoms with Crippen molar-refractivity contribution in [3.05, 3.63) is 60.2 Å². The molecule has 0 saturated carbocycles. The minimum atomic E-state index is 0.886. The summed E-state index contributed by atoms with van der Waals surface area (Å²) in [6.45, 7) is 0. The van der Waals surface area contributed by atoms with Gasteiger partial charge in [-0.3, -0.25) is 0 Å². The highest BCUT2D eigenvalue weighted by molar-refractivity contribution is 5.70. The van der Waals surface area contributed by atoms with Crippen LogP contribution in [0.4, 0.5) is 0 Å². The second kappa shape index (κ2) is 4.25. The van der Waals surface area contributed by atoms with Crippen molar-refractivity contribution in [1.29, 1.82) is 0 Å². The van der Waals surface area contributed by atoms with Crippen molar-refractivity contribution in [2.45, 2.75) is 6.42 Å². The molecule has 0 bridgehead atoms. The van der Waals surface area contributed by atoms with Gasteiger partial charge in [0, 0.05) is 13.5 Å². The number of ether oxygens (including phenoxy) is 1. The van der Waals surface area contributed by atoms with Gasteiger partial charge in [-0.1, -0.05) is 42.5 Å². The zero-order valence-electron chi connectivity index (χ0n) is 8.23. The van der Waals surface area contributed by atoms with E-state index in [-0.39, 0.29) is 0 Å². The van der Waals surface area contributed by atoms with Gasteiger partial charge >= 0.3 is 0 Å². The van der Waals surface area contributed by atoms with Crippen LogP contribution < -0.4 is 0 Å². The van der Waals surface area contributed by atoms with Crippen LogP contribution in [0.15, 0.2) is 48.6 Å². The Morgan fingerprint density at radius 2 is 1.93 bits per heavy atom. The van der Waals surface area contributed by atoms with Crippen molar-refractivity contribution in [3.8, 4) is 0 Å². The third-order valence-corrected chi connectivity index (χ3v) is 2.35. The van der Waals surface area contributed by atoms with E-state index < -0.39 is 0 Å².